The average molecular weight is 407 g/mol. The van der Waals surface area contributed by atoms with E-state index < -0.39 is 0 Å². The first kappa shape index (κ1) is 19.5. The lowest BCUT2D eigenvalue weighted by Crippen LogP contribution is -2.40. The molecule has 7 heteroatoms. The van der Waals surface area contributed by atoms with Crippen LogP contribution in [0.15, 0.2) is 42.5 Å². The lowest BCUT2D eigenvalue weighted by molar-refractivity contribution is -0.132. The van der Waals surface area contributed by atoms with E-state index in [1.54, 1.807) is 42.2 Å². The highest BCUT2D eigenvalue weighted by atomic mass is 35.5. The van der Waals surface area contributed by atoms with Crippen LogP contribution < -0.4 is 10.1 Å². The summed E-state index contributed by atoms with van der Waals surface area (Å²) in [5.74, 6) is 0.842. The number of anilines is 1. The molecule has 1 saturated heterocycles. The maximum absolute atomic E-state index is 12.6. The number of halogens is 2. The number of hydrogen-bond acceptors (Lipinski definition) is 3. The second-order valence-electron chi connectivity index (χ2n) is 6.47. The van der Waals surface area contributed by atoms with Crippen molar-refractivity contribution in [3.63, 3.8) is 0 Å². The zero-order chi connectivity index (χ0) is 19.4. The summed E-state index contributed by atoms with van der Waals surface area (Å²) in [6.07, 6.45) is 1.30. The zero-order valence-electron chi connectivity index (χ0n) is 14.9. The normalized spacial score (nSPS) is 14.7. The zero-order valence-corrected chi connectivity index (χ0v) is 16.4. The van der Waals surface area contributed by atoms with Crippen LogP contribution in [0.25, 0.3) is 0 Å². The van der Waals surface area contributed by atoms with Gasteiger partial charge in [0.25, 0.3) is 0 Å². The van der Waals surface area contributed by atoms with Crippen molar-refractivity contribution in [2.75, 3.05) is 18.4 Å². The van der Waals surface area contributed by atoms with E-state index in [1.807, 2.05) is 12.1 Å². The highest BCUT2D eigenvalue weighted by Crippen LogP contribution is 2.33. The molecule has 3 rings (SSSR count). The van der Waals surface area contributed by atoms with Gasteiger partial charge in [0, 0.05) is 36.0 Å². The number of nitrogens with zero attached hydrogens (tertiary/aromatic N) is 1. The molecule has 2 amide bonds. The maximum atomic E-state index is 12.6. The molecule has 0 radical (unpaired) electrons. The van der Waals surface area contributed by atoms with Gasteiger partial charge in [-0.05, 0) is 43.2 Å². The lowest BCUT2D eigenvalue weighted by Gasteiger charge is -2.30. The third-order valence-electron chi connectivity index (χ3n) is 4.52. The van der Waals surface area contributed by atoms with E-state index in [-0.39, 0.29) is 17.7 Å². The fraction of sp³-hybridized carbons (Fsp3) is 0.300. The van der Waals surface area contributed by atoms with Crippen molar-refractivity contribution in [2.24, 2.45) is 5.92 Å². The Bertz CT molecular complexity index is 829. The summed E-state index contributed by atoms with van der Waals surface area (Å²) in [5, 5.41) is 3.88. The van der Waals surface area contributed by atoms with Crippen LogP contribution in [-0.2, 0) is 9.59 Å². The average Bonchev–Trinajstić information content (AvgIpc) is 2.62. The maximum Gasteiger partial charge on any atom is 0.227 e. The number of ether oxygens (including phenoxy) is 1. The minimum atomic E-state index is -0.130. The molecule has 1 aliphatic rings. The van der Waals surface area contributed by atoms with Crippen molar-refractivity contribution in [2.45, 2.75) is 19.8 Å². The summed E-state index contributed by atoms with van der Waals surface area (Å²) in [7, 11) is 0. The smallest absolute Gasteiger partial charge is 0.227 e. The summed E-state index contributed by atoms with van der Waals surface area (Å²) < 4.78 is 5.87. The van der Waals surface area contributed by atoms with Gasteiger partial charge >= 0.3 is 0 Å². The van der Waals surface area contributed by atoms with Gasteiger partial charge in [-0.25, -0.2) is 0 Å². The first-order valence-electron chi connectivity index (χ1n) is 8.72. The molecule has 5 nitrogen and oxygen atoms in total. The predicted octanol–water partition coefficient (Wildman–Crippen LogP) is 4.98. The fourth-order valence-electron chi connectivity index (χ4n) is 3.06. The number of rotatable bonds is 4. The van der Waals surface area contributed by atoms with Crippen LogP contribution in [0.4, 0.5) is 5.69 Å². The minimum absolute atomic E-state index is 0.0489. The summed E-state index contributed by atoms with van der Waals surface area (Å²) in [4.78, 5) is 25.8. The summed E-state index contributed by atoms with van der Waals surface area (Å²) >= 11 is 12.0. The quantitative estimate of drug-likeness (QED) is 0.778. The molecule has 2 aromatic carbocycles. The molecule has 0 bridgehead atoms. The Morgan fingerprint density at radius 1 is 1.07 bits per heavy atom. The summed E-state index contributed by atoms with van der Waals surface area (Å²) in [6.45, 7) is 2.76. The molecular formula is C20H20Cl2N2O3. The van der Waals surface area contributed by atoms with Gasteiger partial charge in [-0.2, -0.15) is 0 Å². The summed E-state index contributed by atoms with van der Waals surface area (Å²) in [5.41, 5.74) is 0.576. The van der Waals surface area contributed by atoms with Crippen molar-refractivity contribution >= 4 is 40.7 Å². The molecule has 2 aromatic rings. The predicted molar refractivity (Wildman–Crippen MR) is 107 cm³/mol. The number of hydrogen-bond donors (Lipinski definition) is 1. The molecule has 0 spiro atoms. The molecule has 0 aromatic heterocycles. The first-order chi connectivity index (χ1) is 12.9. The topological polar surface area (TPSA) is 58.6 Å². The van der Waals surface area contributed by atoms with E-state index in [9.17, 15) is 9.59 Å². The van der Waals surface area contributed by atoms with Crippen molar-refractivity contribution < 1.29 is 14.3 Å². The van der Waals surface area contributed by atoms with Crippen LogP contribution in [0.5, 0.6) is 11.5 Å². The highest BCUT2D eigenvalue weighted by Gasteiger charge is 2.26. The Labute approximate surface area is 168 Å². The molecule has 142 valence electrons. The van der Waals surface area contributed by atoms with Crippen LogP contribution in [0, 0.1) is 5.92 Å². The van der Waals surface area contributed by atoms with Gasteiger partial charge in [0.15, 0.2) is 5.75 Å². The Kier molecular flexibility index (Phi) is 6.24. The van der Waals surface area contributed by atoms with E-state index in [2.05, 4.69) is 5.32 Å². The number of benzene rings is 2. The molecule has 1 N–H and O–H groups in total. The molecule has 1 heterocycles. The Hall–Kier alpha value is -2.24. The molecule has 1 fully saturated rings. The Balaban J connectivity index is 1.69. The third kappa shape index (κ3) is 5.15. The largest absolute Gasteiger partial charge is 0.455 e. The van der Waals surface area contributed by atoms with Gasteiger partial charge in [-0.3, -0.25) is 9.59 Å². The van der Waals surface area contributed by atoms with Crippen LogP contribution in [0.2, 0.25) is 10.0 Å². The van der Waals surface area contributed by atoms with E-state index in [0.717, 1.165) is 0 Å². The number of amides is 2. The van der Waals surface area contributed by atoms with Crippen LogP contribution in [-0.4, -0.2) is 29.8 Å². The van der Waals surface area contributed by atoms with Gasteiger partial charge in [0.1, 0.15) is 5.75 Å². The minimum Gasteiger partial charge on any atom is -0.455 e. The first-order valence-corrected chi connectivity index (χ1v) is 9.47. The highest BCUT2D eigenvalue weighted by molar-refractivity contribution is 6.34. The van der Waals surface area contributed by atoms with Crippen LogP contribution in [0.3, 0.4) is 0 Å². The van der Waals surface area contributed by atoms with Gasteiger partial charge in [0.05, 0.1) is 5.69 Å². The van der Waals surface area contributed by atoms with Crippen molar-refractivity contribution in [3.8, 4) is 11.5 Å². The van der Waals surface area contributed by atoms with Gasteiger partial charge in [-0.1, -0.05) is 35.3 Å². The molecule has 0 unspecified atom stereocenters. The third-order valence-corrected chi connectivity index (χ3v) is 4.96. The summed E-state index contributed by atoms with van der Waals surface area (Å²) in [6, 6.07) is 12.1. The lowest BCUT2D eigenvalue weighted by atomic mass is 9.96. The van der Waals surface area contributed by atoms with E-state index in [0.29, 0.717) is 53.2 Å². The number of piperidine rings is 1. The van der Waals surface area contributed by atoms with E-state index >= 15 is 0 Å². The van der Waals surface area contributed by atoms with Crippen molar-refractivity contribution in [1.82, 2.24) is 4.90 Å². The molecule has 0 atom stereocenters. The number of carbonyl (C=O) groups excluding carboxylic acids is 2. The number of para-hydroxylation sites is 2. The van der Waals surface area contributed by atoms with Crippen molar-refractivity contribution in [1.29, 1.82) is 0 Å². The Morgan fingerprint density at radius 3 is 2.33 bits per heavy atom. The second kappa shape index (κ2) is 8.63. The second-order valence-corrected chi connectivity index (χ2v) is 7.35. The van der Waals surface area contributed by atoms with Gasteiger partial charge in [-0.15, -0.1) is 0 Å². The molecule has 0 aliphatic carbocycles. The number of likely N-dealkylation sites (tertiary alicyclic amines) is 1. The van der Waals surface area contributed by atoms with Gasteiger partial charge in [0.2, 0.25) is 11.8 Å². The van der Waals surface area contributed by atoms with Crippen LogP contribution in [0.1, 0.15) is 19.8 Å². The standard InChI is InChI=1S/C20H20Cl2N2O3/c1-13(25)24-8-6-14(7-9-24)20(26)23-18-4-2-3-5-19(18)27-17-11-15(21)10-16(22)12-17/h2-5,10-12,14H,6-9H2,1H3,(H,23,26). The van der Waals surface area contributed by atoms with Gasteiger partial charge < -0.3 is 15.0 Å². The van der Waals surface area contributed by atoms with E-state index in [1.165, 1.54) is 0 Å². The molecular weight excluding hydrogens is 387 g/mol. The fourth-order valence-corrected chi connectivity index (χ4v) is 3.57. The number of carbonyl (C=O) groups is 2. The SMILES string of the molecule is CC(=O)N1CCC(C(=O)Nc2ccccc2Oc2cc(Cl)cc(Cl)c2)CC1. The van der Waals surface area contributed by atoms with Crippen molar-refractivity contribution in [3.05, 3.63) is 52.5 Å². The van der Waals surface area contributed by atoms with Crippen LogP contribution >= 0.6 is 23.2 Å². The molecule has 27 heavy (non-hydrogen) atoms. The molecule has 0 saturated carbocycles. The van der Waals surface area contributed by atoms with E-state index in [4.69, 9.17) is 27.9 Å². The monoisotopic (exact) mass is 406 g/mol. The number of nitrogens with one attached hydrogen (secondary N) is 1. The molecule has 1 aliphatic heterocycles. The Morgan fingerprint density at radius 2 is 1.70 bits per heavy atom.